The highest BCUT2D eigenvalue weighted by Crippen LogP contribution is 1.97. The highest BCUT2D eigenvalue weighted by Gasteiger charge is 1.90. The van der Waals surface area contributed by atoms with E-state index in [9.17, 15) is 4.79 Å². The number of pyridine rings is 1. The first-order valence-electron chi connectivity index (χ1n) is 7.76. The Kier molecular flexibility index (Phi) is 17.1. The van der Waals surface area contributed by atoms with Gasteiger partial charge in [-0.2, -0.15) is 0 Å². The van der Waals surface area contributed by atoms with Gasteiger partial charge in [-0.15, -0.1) is 0 Å². The summed E-state index contributed by atoms with van der Waals surface area (Å²) in [5.74, 6) is -0.935. The first-order chi connectivity index (χ1) is 12.4. The van der Waals surface area contributed by atoms with Gasteiger partial charge in [0.25, 0.3) is 0 Å². The van der Waals surface area contributed by atoms with Gasteiger partial charge in [0.2, 0.25) is 0 Å². The maximum Gasteiger partial charge on any atom is 0.330 e. The van der Waals surface area contributed by atoms with Gasteiger partial charge < -0.3 is 5.11 Å². The first kappa shape index (κ1) is 24.8. The van der Waals surface area contributed by atoms with Crippen LogP contribution in [-0.2, 0) is 4.79 Å². The number of aliphatic carboxylic acids is 1. The number of benzene rings is 1. The van der Waals surface area contributed by atoms with Crippen molar-refractivity contribution in [1.82, 2.24) is 4.98 Å². The van der Waals surface area contributed by atoms with Crippen molar-refractivity contribution in [2.75, 3.05) is 0 Å². The second-order valence-electron chi connectivity index (χ2n) is 4.63. The Morgan fingerprint density at radius 2 is 1.42 bits per heavy atom. The van der Waals surface area contributed by atoms with Crippen molar-refractivity contribution in [2.45, 2.75) is 6.92 Å². The topological polar surface area (TPSA) is 50.2 Å². The third-order valence-corrected chi connectivity index (χ3v) is 2.46. The molecule has 0 amide bonds. The van der Waals surface area contributed by atoms with Gasteiger partial charge in [0.15, 0.2) is 0 Å². The number of aromatic nitrogens is 1. The average molecular weight is 349 g/mol. The molecule has 0 radical (unpaired) electrons. The van der Waals surface area contributed by atoms with Gasteiger partial charge in [-0.3, -0.25) is 4.98 Å². The summed E-state index contributed by atoms with van der Waals surface area (Å²) >= 11 is 0. The van der Waals surface area contributed by atoms with Crippen molar-refractivity contribution in [3.63, 3.8) is 0 Å². The lowest BCUT2D eigenvalue weighted by Gasteiger charge is -1.85. The Balaban J connectivity index is 0. The van der Waals surface area contributed by atoms with Gasteiger partial charge >= 0.3 is 5.97 Å². The third-order valence-electron chi connectivity index (χ3n) is 2.46. The number of carboxylic acid groups (broad SMARTS) is 1. The van der Waals surface area contributed by atoms with E-state index in [0.29, 0.717) is 0 Å². The molecule has 26 heavy (non-hydrogen) atoms. The standard InChI is InChI=1S/C8H8.C7H7N.C4H6O2.C4H6/c1-2-8-6-4-3-5-7-8;1-2-7-5-3-4-6-8-7;1-3(2)4(5)6;1-3-4-2/h2-7H,1H2;2-6H,1H2;1H2,2H3,(H,5,6);3-4H,1-2H2. The molecule has 0 fully saturated rings. The van der Waals surface area contributed by atoms with Gasteiger partial charge in [-0.1, -0.05) is 87.5 Å². The first-order valence-corrected chi connectivity index (χ1v) is 7.76. The molecule has 1 N–H and O–H groups in total. The predicted molar refractivity (Wildman–Crippen MR) is 114 cm³/mol. The molecule has 0 unspecified atom stereocenters. The van der Waals surface area contributed by atoms with Crippen molar-refractivity contribution in [3.8, 4) is 0 Å². The zero-order valence-electron chi connectivity index (χ0n) is 15.3. The van der Waals surface area contributed by atoms with E-state index >= 15 is 0 Å². The number of hydrogen-bond acceptors (Lipinski definition) is 2. The van der Waals surface area contributed by atoms with E-state index in [1.165, 1.54) is 12.5 Å². The Bertz CT molecular complexity index is 612. The Morgan fingerprint density at radius 1 is 0.923 bits per heavy atom. The summed E-state index contributed by atoms with van der Waals surface area (Å²) in [6, 6.07) is 15.8. The third kappa shape index (κ3) is 16.9. The maximum absolute atomic E-state index is 9.60. The zero-order valence-corrected chi connectivity index (χ0v) is 15.3. The molecule has 0 aliphatic carbocycles. The molecule has 2 aromatic rings. The number of rotatable bonds is 4. The molecule has 0 saturated carbocycles. The Morgan fingerprint density at radius 3 is 1.65 bits per heavy atom. The van der Waals surface area contributed by atoms with Crippen molar-refractivity contribution in [3.05, 3.63) is 117 Å². The molecule has 0 aliphatic heterocycles. The van der Waals surface area contributed by atoms with Crippen LogP contribution in [0.25, 0.3) is 12.2 Å². The summed E-state index contributed by atoms with van der Waals surface area (Å²) in [6.07, 6.45) is 8.58. The monoisotopic (exact) mass is 349 g/mol. The molecule has 1 aromatic heterocycles. The molecule has 3 nitrogen and oxygen atoms in total. The van der Waals surface area contributed by atoms with E-state index < -0.39 is 5.97 Å². The van der Waals surface area contributed by atoms with Crippen molar-refractivity contribution < 1.29 is 9.90 Å². The molecule has 136 valence electrons. The van der Waals surface area contributed by atoms with Crippen LogP contribution in [-0.4, -0.2) is 16.1 Å². The smallest absolute Gasteiger partial charge is 0.330 e. The number of carboxylic acids is 1. The minimum atomic E-state index is -0.935. The van der Waals surface area contributed by atoms with Gasteiger partial charge in [-0.05, 0) is 30.7 Å². The van der Waals surface area contributed by atoms with Crippen LogP contribution in [0.5, 0.6) is 0 Å². The number of hydrogen-bond donors (Lipinski definition) is 1. The fourth-order valence-corrected chi connectivity index (χ4v) is 1.09. The summed E-state index contributed by atoms with van der Waals surface area (Å²) in [7, 11) is 0. The van der Waals surface area contributed by atoms with Crippen LogP contribution in [0.15, 0.2) is 105 Å². The van der Waals surface area contributed by atoms with Gasteiger partial charge in [-0.25, -0.2) is 4.79 Å². The fraction of sp³-hybridized carbons (Fsp3) is 0.0435. The normalized spacial score (nSPS) is 7.73. The van der Waals surface area contributed by atoms with Crippen LogP contribution in [0.3, 0.4) is 0 Å². The number of carbonyl (C=O) groups is 1. The van der Waals surface area contributed by atoms with Crippen molar-refractivity contribution >= 4 is 18.1 Å². The van der Waals surface area contributed by atoms with Gasteiger partial charge in [0, 0.05) is 11.8 Å². The summed E-state index contributed by atoms with van der Waals surface area (Å²) < 4.78 is 0. The summed E-state index contributed by atoms with van der Waals surface area (Å²) in [5, 5.41) is 7.89. The largest absolute Gasteiger partial charge is 0.478 e. The average Bonchev–Trinajstić information content (AvgIpc) is 2.70. The maximum atomic E-state index is 9.60. The van der Waals surface area contributed by atoms with Gasteiger partial charge in [0.05, 0.1) is 5.69 Å². The molecular formula is C23H27NO2. The van der Waals surface area contributed by atoms with Crippen LogP contribution in [0, 0.1) is 0 Å². The molecule has 0 saturated heterocycles. The van der Waals surface area contributed by atoms with Gasteiger partial charge in [0.1, 0.15) is 0 Å². The van der Waals surface area contributed by atoms with Crippen molar-refractivity contribution in [1.29, 1.82) is 0 Å². The van der Waals surface area contributed by atoms with E-state index in [0.717, 1.165) is 5.69 Å². The minimum absolute atomic E-state index is 0.176. The molecule has 0 bridgehead atoms. The summed E-state index contributed by atoms with van der Waals surface area (Å²) in [4.78, 5) is 13.6. The van der Waals surface area contributed by atoms with Crippen molar-refractivity contribution in [2.24, 2.45) is 0 Å². The summed E-state index contributed by atoms with van der Waals surface area (Å²) in [5.41, 5.74) is 2.27. The summed E-state index contributed by atoms with van der Waals surface area (Å²) in [6.45, 7) is 18.5. The van der Waals surface area contributed by atoms with Crippen LogP contribution < -0.4 is 0 Å². The molecule has 0 atom stereocenters. The zero-order chi connectivity index (χ0) is 20.2. The molecule has 1 aromatic carbocycles. The van der Waals surface area contributed by atoms with Crippen LogP contribution >= 0.6 is 0 Å². The predicted octanol–water partition coefficient (Wildman–Crippen LogP) is 6.06. The molecule has 2 rings (SSSR count). The second kappa shape index (κ2) is 17.9. The van der Waals surface area contributed by atoms with E-state index in [4.69, 9.17) is 5.11 Å². The van der Waals surface area contributed by atoms with E-state index in [-0.39, 0.29) is 5.57 Å². The second-order valence-corrected chi connectivity index (χ2v) is 4.63. The lowest BCUT2D eigenvalue weighted by Crippen LogP contribution is -1.92. The Hall–Kier alpha value is -3.46. The fourth-order valence-electron chi connectivity index (χ4n) is 1.09. The number of allylic oxidation sites excluding steroid dienone is 2. The van der Waals surface area contributed by atoms with Crippen LogP contribution in [0.2, 0.25) is 0 Å². The molecular weight excluding hydrogens is 322 g/mol. The van der Waals surface area contributed by atoms with E-state index in [2.05, 4.69) is 37.9 Å². The molecule has 3 heteroatoms. The highest BCUT2D eigenvalue weighted by molar-refractivity contribution is 5.84. The Labute approximate surface area is 157 Å². The highest BCUT2D eigenvalue weighted by atomic mass is 16.4. The quantitative estimate of drug-likeness (QED) is 0.539. The van der Waals surface area contributed by atoms with E-state index in [1.807, 2.05) is 54.6 Å². The molecule has 1 heterocycles. The molecule has 0 spiro atoms. The lowest BCUT2D eigenvalue weighted by molar-refractivity contribution is -0.132. The minimum Gasteiger partial charge on any atom is -0.478 e. The SMILES string of the molecule is C=C(C)C(=O)O.C=CC=C.C=Cc1ccccc1.C=Cc1ccccn1. The number of nitrogens with zero attached hydrogens (tertiary/aromatic N) is 1. The lowest BCUT2D eigenvalue weighted by atomic mass is 10.2. The van der Waals surface area contributed by atoms with Crippen LogP contribution in [0.4, 0.5) is 0 Å². The van der Waals surface area contributed by atoms with Crippen LogP contribution in [0.1, 0.15) is 18.2 Å². The molecule has 0 aliphatic rings. The van der Waals surface area contributed by atoms with E-state index in [1.54, 1.807) is 24.4 Å².